The zero-order chi connectivity index (χ0) is 19.9. The van der Waals surface area contributed by atoms with Gasteiger partial charge in [0.15, 0.2) is 5.17 Å². The first-order valence-corrected chi connectivity index (χ1v) is 10.1. The van der Waals surface area contributed by atoms with Crippen LogP contribution in [-0.2, 0) is 11.2 Å². The van der Waals surface area contributed by atoms with Crippen molar-refractivity contribution in [1.82, 2.24) is 5.43 Å². The summed E-state index contributed by atoms with van der Waals surface area (Å²) < 4.78 is 12.9. The van der Waals surface area contributed by atoms with Crippen LogP contribution in [0, 0.1) is 5.82 Å². The predicted octanol–water partition coefficient (Wildman–Crippen LogP) is 4.20. The second kappa shape index (κ2) is 9.50. The summed E-state index contributed by atoms with van der Waals surface area (Å²) >= 11 is 1.78. The van der Waals surface area contributed by atoms with Crippen LogP contribution in [0.4, 0.5) is 10.1 Å². The minimum atomic E-state index is -0.320. The lowest BCUT2D eigenvalue weighted by Crippen LogP contribution is -2.21. The molecule has 2 aromatic rings. The van der Waals surface area contributed by atoms with Gasteiger partial charge >= 0.3 is 0 Å². The van der Waals surface area contributed by atoms with Gasteiger partial charge in [-0.3, -0.25) is 9.79 Å². The molecule has 1 aliphatic heterocycles. The Kier molecular flexibility index (Phi) is 6.81. The second-order valence-corrected chi connectivity index (χ2v) is 7.82. The Morgan fingerprint density at radius 1 is 1.21 bits per heavy atom. The smallest absolute Gasteiger partial charge is 0.244 e. The average Bonchev–Trinajstić information content (AvgIpc) is 3.16. The molecule has 0 aromatic heterocycles. The minimum absolute atomic E-state index is 0.151. The van der Waals surface area contributed by atoms with Crippen molar-refractivity contribution in [1.29, 1.82) is 0 Å². The van der Waals surface area contributed by atoms with Crippen LogP contribution in [0.5, 0.6) is 0 Å². The van der Waals surface area contributed by atoms with Gasteiger partial charge in [-0.25, -0.2) is 9.82 Å². The molecule has 146 valence electrons. The summed E-state index contributed by atoms with van der Waals surface area (Å²) in [5, 5.41) is 9.01. The molecule has 0 bridgehead atoms. The molecule has 1 heterocycles. The van der Waals surface area contributed by atoms with Gasteiger partial charge in [-0.2, -0.15) is 5.10 Å². The van der Waals surface area contributed by atoms with Crippen LogP contribution in [0.1, 0.15) is 31.4 Å². The molecule has 1 atom stereocenters. The third-order valence-corrected chi connectivity index (χ3v) is 5.62. The number of benzene rings is 2. The van der Waals surface area contributed by atoms with E-state index in [1.165, 1.54) is 12.1 Å². The number of hydrogen-bond donors (Lipinski definition) is 2. The van der Waals surface area contributed by atoms with Gasteiger partial charge in [-0.05, 0) is 48.7 Å². The molecule has 0 saturated heterocycles. The van der Waals surface area contributed by atoms with E-state index in [9.17, 15) is 9.18 Å². The zero-order valence-electron chi connectivity index (χ0n) is 15.9. The Bertz CT molecular complexity index is 878. The Balaban J connectivity index is 1.52. The molecule has 0 unspecified atom stereocenters. The summed E-state index contributed by atoms with van der Waals surface area (Å²) in [5.41, 5.74) is 5.88. The number of carbonyl (C=O) groups excluding carboxylic acids is 1. The van der Waals surface area contributed by atoms with Crippen molar-refractivity contribution < 1.29 is 9.18 Å². The number of anilines is 1. The Morgan fingerprint density at radius 2 is 1.93 bits per heavy atom. The average molecular weight is 399 g/mol. The number of carbonyl (C=O) groups is 1. The highest BCUT2D eigenvalue weighted by molar-refractivity contribution is 8.15. The summed E-state index contributed by atoms with van der Waals surface area (Å²) in [7, 11) is 0. The molecule has 0 radical (unpaired) electrons. The molecule has 7 heteroatoms. The summed E-state index contributed by atoms with van der Waals surface area (Å²) in [6.45, 7) is 4.87. The van der Waals surface area contributed by atoms with Crippen LogP contribution in [0.25, 0.3) is 0 Å². The summed E-state index contributed by atoms with van der Waals surface area (Å²) in [5.74, 6) is -0.564. The standard InChI is InChI=1S/C21H23FN4OS/c1-3-19-13-23-21(28-19)24-18-10-6-16(7-11-18)14(2)25-26-20(27)12-15-4-8-17(22)9-5-15/h4-11,19H,3,12-13H2,1-2H3,(H,23,24)(H,26,27)/b25-14-/t19-/m1/s1. The molecule has 3 rings (SSSR count). The molecule has 1 amide bonds. The fraction of sp³-hybridized carbons (Fsp3) is 0.286. The predicted molar refractivity (Wildman–Crippen MR) is 114 cm³/mol. The number of thioether (sulfide) groups is 1. The van der Waals surface area contributed by atoms with Crippen molar-refractivity contribution >= 4 is 34.2 Å². The molecule has 0 spiro atoms. The number of rotatable bonds is 6. The van der Waals surface area contributed by atoms with Gasteiger partial charge in [0.2, 0.25) is 5.91 Å². The number of amides is 1. The van der Waals surface area contributed by atoms with E-state index in [0.29, 0.717) is 11.0 Å². The molecule has 0 saturated carbocycles. The van der Waals surface area contributed by atoms with E-state index in [1.54, 1.807) is 23.9 Å². The van der Waals surface area contributed by atoms with Crippen LogP contribution in [0.3, 0.4) is 0 Å². The van der Waals surface area contributed by atoms with E-state index in [2.05, 4.69) is 27.8 Å². The number of amidine groups is 1. The molecular formula is C21H23FN4OS. The maximum Gasteiger partial charge on any atom is 0.244 e. The highest BCUT2D eigenvalue weighted by atomic mass is 32.2. The molecule has 28 heavy (non-hydrogen) atoms. The number of hydrazone groups is 1. The fourth-order valence-corrected chi connectivity index (χ4v) is 3.61. The first-order chi connectivity index (χ1) is 13.5. The van der Waals surface area contributed by atoms with Crippen molar-refractivity contribution in [3.05, 3.63) is 65.5 Å². The summed E-state index contributed by atoms with van der Waals surface area (Å²) in [6, 6.07) is 13.7. The van der Waals surface area contributed by atoms with E-state index in [1.807, 2.05) is 31.2 Å². The van der Waals surface area contributed by atoms with Gasteiger partial charge in [0.25, 0.3) is 0 Å². The van der Waals surface area contributed by atoms with Crippen molar-refractivity contribution in [2.75, 3.05) is 11.9 Å². The molecule has 0 fully saturated rings. The van der Waals surface area contributed by atoms with Gasteiger partial charge in [0.1, 0.15) is 5.82 Å². The van der Waals surface area contributed by atoms with E-state index >= 15 is 0 Å². The maximum atomic E-state index is 12.9. The van der Waals surface area contributed by atoms with E-state index in [4.69, 9.17) is 0 Å². The molecule has 0 aliphatic carbocycles. The SMILES string of the molecule is CC[C@@H]1CN=C(Nc2ccc(/C(C)=N\NC(=O)Cc3ccc(F)cc3)cc2)S1. The molecule has 2 aromatic carbocycles. The van der Waals surface area contributed by atoms with Crippen LogP contribution in [0.15, 0.2) is 58.6 Å². The van der Waals surface area contributed by atoms with Crippen LogP contribution >= 0.6 is 11.8 Å². The first-order valence-electron chi connectivity index (χ1n) is 9.19. The lowest BCUT2D eigenvalue weighted by molar-refractivity contribution is -0.120. The van der Waals surface area contributed by atoms with Crippen molar-refractivity contribution in [2.24, 2.45) is 10.1 Å². The highest BCUT2D eigenvalue weighted by Gasteiger charge is 2.17. The van der Waals surface area contributed by atoms with Gasteiger partial charge in [-0.1, -0.05) is 43.0 Å². The van der Waals surface area contributed by atoms with E-state index < -0.39 is 0 Å². The number of aliphatic imine (C=N–C) groups is 1. The van der Waals surface area contributed by atoms with Crippen molar-refractivity contribution in [2.45, 2.75) is 31.9 Å². The normalized spacial score (nSPS) is 16.6. The molecule has 1 aliphatic rings. The number of halogens is 1. The third-order valence-electron chi connectivity index (χ3n) is 4.35. The Labute approximate surface area is 168 Å². The summed E-state index contributed by atoms with van der Waals surface area (Å²) in [4.78, 5) is 16.5. The third kappa shape index (κ3) is 5.66. The molecule has 2 N–H and O–H groups in total. The second-order valence-electron chi connectivity index (χ2n) is 6.53. The number of hydrogen-bond acceptors (Lipinski definition) is 5. The topological polar surface area (TPSA) is 65.8 Å². The van der Waals surface area contributed by atoms with Crippen LogP contribution < -0.4 is 10.7 Å². The minimum Gasteiger partial charge on any atom is -0.335 e. The van der Waals surface area contributed by atoms with Gasteiger partial charge in [0.05, 0.1) is 18.7 Å². The van der Waals surface area contributed by atoms with Crippen LogP contribution in [0.2, 0.25) is 0 Å². The van der Waals surface area contributed by atoms with E-state index in [-0.39, 0.29) is 18.1 Å². The number of nitrogens with zero attached hydrogens (tertiary/aromatic N) is 2. The first kappa shape index (κ1) is 20.1. The number of nitrogens with one attached hydrogen (secondary N) is 2. The van der Waals surface area contributed by atoms with Crippen molar-refractivity contribution in [3.63, 3.8) is 0 Å². The lowest BCUT2D eigenvalue weighted by atomic mass is 10.1. The van der Waals surface area contributed by atoms with Crippen LogP contribution in [-0.4, -0.2) is 28.6 Å². The quantitative estimate of drug-likeness (QED) is 0.566. The van der Waals surface area contributed by atoms with Gasteiger partial charge in [0, 0.05) is 10.9 Å². The fourth-order valence-electron chi connectivity index (χ4n) is 2.65. The molecular weight excluding hydrogens is 375 g/mol. The summed E-state index contributed by atoms with van der Waals surface area (Å²) in [6.07, 6.45) is 1.26. The lowest BCUT2D eigenvalue weighted by Gasteiger charge is -2.08. The van der Waals surface area contributed by atoms with Gasteiger partial charge in [-0.15, -0.1) is 0 Å². The van der Waals surface area contributed by atoms with Crippen molar-refractivity contribution in [3.8, 4) is 0 Å². The highest BCUT2D eigenvalue weighted by Crippen LogP contribution is 2.24. The zero-order valence-corrected chi connectivity index (χ0v) is 16.7. The maximum absolute atomic E-state index is 12.9. The largest absolute Gasteiger partial charge is 0.335 e. The monoisotopic (exact) mass is 398 g/mol. The van der Waals surface area contributed by atoms with Gasteiger partial charge < -0.3 is 5.32 Å². The Hall–Kier alpha value is -2.67. The van der Waals surface area contributed by atoms with E-state index in [0.717, 1.165) is 34.9 Å². The molecule has 5 nitrogen and oxygen atoms in total. The Morgan fingerprint density at radius 3 is 2.57 bits per heavy atom.